The first-order valence-electron chi connectivity index (χ1n) is 5.26. The Morgan fingerprint density at radius 1 is 1.38 bits per heavy atom. The Balaban J connectivity index is 2.46. The molecular formula is C12H19NO3. The molecule has 0 heterocycles. The summed E-state index contributed by atoms with van der Waals surface area (Å²) in [4.78, 5) is 0. The van der Waals surface area contributed by atoms with E-state index in [1.165, 1.54) is 0 Å². The number of nitrogen functional groups attached to an aromatic ring is 1. The minimum absolute atomic E-state index is 0.256. The molecular weight excluding hydrogens is 206 g/mol. The summed E-state index contributed by atoms with van der Waals surface area (Å²) in [6, 6.07) is 5.53. The van der Waals surface area contributed by atoms with E-state index in [1.807, 2.05) is 19.1 Å². The van der Waals surface area contributed by atoms with Crippen molar-refractivity contribution in [3.05, 3.63) is 29.3 Å². The molecule has 0 amide bonds. The van der Waals surface area contributed by atoms with E-state index in [4.69, 9.17) is 15.2 Å². The van der Waals surface area contributed by atoms with Crippen molar-refractivity contribution >= 4 is 5.69 Å². The minimum atomic E-state index is -0.639. The molecule has 90 valence electrons. The Bertz CT molecular complexity index is 328. The van der Waals surface area contributed by atoms with E-state index in [0.29, 0.717) is 18.9 Å². The summed E-state index contributed by atoms with van der Waals surface area (Å²) in [5, 5.41) is 9.81. The number of hydrogen-bond donors (Lipinski definition) is 2. The van der Waals surface area contributed by atoms with E-state index >= 15 is 0 Å². The highest BCUT2D eigenvalue weighted by molar-refractivity contribution is 5.48. The maximum Gasteiger partial charge on any atom is 0.102 e. The van der Waals surface area contributed by atoms with E-state index < -0.39 is 6.10 Å². The number of anilines is 1. The van der Waals surface area contributed by atoms with E-state index in [9.17, 15) is 5.11 Å². The van der Waals surface area contributed by atoms with Crippen LogP contribution in [0.2, 0.25) is 0 Å². The van der Waals surface area contributed by atoms with Gasteiger partial charge < -0.3 is 20.3 Å². The second kappa shape index (κ2) is 6.48. The third-order valence-corrected chi connectivity index (χ3v) is 2.40. The first-order valence-corrected chi connectivity index (χ1v) is 5.26. The van der Waals surface area contributed by atoms with Crippen molar-refractivity contribution in [1.29, 1.82) is 0 Å². The van der Waals surface area contributed by atoms with Crippen LogP contribution in [0.25, 0.3) is 0 Å². The predicted octanol–water partition coefficient (Wildman–Crippen LogP) is 1.27. The first kappa shape index (κ1) is 13.0. The number of nitrogens with two attached hydrogens (primary N) is 1. The monoisotopic (exact) mass is 225 g/mol. The summed E-state index contributed by atoms with van der Waals surface area (Å²) in [5.41, 5.74) is 8.24. The van der Waals surface area contributed by atoms with Crippen LogP contribution in [0.15, 0.2) is 18.2 Å². The second-order valence-corrected chi connectivity index (χ2v) is 3.70. The third kappa shape index (κ3) is 3.81. The van der Waals surface area contributed by atoms with Crippen molar-refractivity contribution in [2.75, 3.05) is 32.7 Å². The zero-order chi connectivity index (χ0) is 12.0. The van der Waals surface area contributed by atoms with Crippen LogP contribution in [0.1, 0.15) is 17.2 Å². The number of ether oxygens (including phenoxy) is 2. The molecule has 1 atom stereocenters. The molecule has 0 aliphatic rings. The van der Waals surface area contributed by atoms with Gasteiger partial charge in [0, 0.05) is 12.8 Å². The van der Waals surface area contributed by atoms with Gasteiger partial charge in [0.05, 0.1) is 19.8 Å². The highest BCUT2D eigenvalue weighted by Crippen LogP contribution is 2.19. The Labute approximate surface area is 96.0 Å². The molecule has 1 unspecified atom stereocenters. The zero-order valence-electron chi connectivity index (χ0n) is 9.77. The van der Waals surface area contributed by atoms with Gasteiger partial charge in [0.2, 0.25) is 0 Å². The highest BCUT2D eigenvalue weighted by Gasteiger charge is 2.08. The van der Waals surface area contributed by atoms with E-state index in [0.717, 1.165) is 11.1 Å². The topological polar surface area (TPSA) is 64.7 Å². The highest BCUT2D eigenvalue weighted by atomic mass is 16.5. The molecule has 3 N–H and O–H groups in total. The molecule has 0 fully saturated rings. The molecule has 0 radical (unpaired) electrons. The molecule has 4 nitrogen and oxygen atoms in total. The van der Waals surface area contributed by atoms with Gasteiger partial charge in [-0.15, -0.1) is 0 Å². The van der Waals surface area contributed by atoms with Gasteiger partial charge in [0.15, 0.2) is 0 Å². The van der Waals surface area contributed by atoms with Crippen LogP contribution in [0.3, 0.4) is 0 Å². The summed E-state index contributed by atoms with van der Waals surface area (Å²) < 4.78 is 10.1. The average molecular weight is 225 g/mol. The maximum atomic E-state index is 9.81. The van der Waals surface area contributed by atoms with Crippen LogP contribution in [-0.4, -0.2) is 32.0 Å². The lowest BCUT2D eigenvalue weighted by Gasteiger charge is -2.12. The molecule has 0 aromatic heterocycles. The lowest BCUT2D eigenvalue weighted by Crippen LogP contribution is -2.11. The summed E-state index contributed by atoms with van der Waals surface area (Å²) in [7, 11) is 1.61. The lowest BCUT2D eigenvalue weighted by atomic mass is 10.1. The largest absolute Gasteiger partial charge is 0.399 e. The van der Waals surface area contributed by atoms with Crippen LogP contribution in [0.5, 0.6) is 0 Å². The third-order valence-electron chi connectivity index (χ3n) is 2.40. The maximum absolute atomic E-state index is 9.81. The van der Waals surface area contributed by atoms with Gasteiger partial charge in [-0.1, -0.05) is 12.1 Å². The van der Waals surface area contributed by atoms with Gasteiger partial charge in [-0.3, -0.25) is 0 Å². The van der Waals surface area contributed by atoms with Crippen molar-refractivity contribution in [1.82, 2.24) is 0 Å². The Morgan fingerprint density at radius 3 is 2.75 bits per heavy atom. The first-order chi connectivity index (χ1) is 7.65. The summed E-state index contributed by atoms with van der Waals surface area (Å²) >= 11 is 0. The van der Waals surface area contributed by atoms with Crippen molar-refractivity contribution in [3.8, 4) is 0 Å². The van der Waals surface area contributed by atoms with E-state index in [-0.39, 0.29) is 6.61 Å². The average Bonchev–Trinajstić information content (AvgIpc) is 2.28. The van der Waals surface area contributed by atoms with Crippen LogP contribution < -0.4 is 5.73 Å². The Morgan fingerprint density at radius 2 is 2.12 bits per heavy atom. The van der Waals surface area contributed by atoms with Crippen molar-refractivity contribution in [2.45, 2.75) is 13.0 Å². The van der Waals surface area contributed by atoms with Crippen LogP contribution in [0, 0.1) is 6.92 Å². The number of aliphatic hydroxyl groups excluding tert-OH is 1. The number of benzene rings is 1. The SMILES string of the molecule is COCCOCC(O)c1ccc(C)c(N)c1. The van der Waals surface area contributed by atoms with Crippen molar-refractivity contribution in [2.24, 2.45) is 0 Å². The molecule has 0 aliphatic carbocycles. The van der Waals surface area contributed by atoms with Gasteiger partial charge >= 0.3 is 0 Å². The second-order valence-electron chi connectivity index (χ2n) is 3.70. The quantitative estimate of drug-likeness (QED) is 0.565. The van der Waals surface area contributed by atoms with Gasteiger partial charge in [0.25, 0.3) is 0 Å². The molecule has 1 rings (SSSR count). The predicted molar refractivity (Wildman–Crippen MR) is 63.2 cm³/mol. The number of methoxy groups -OCH3 is 1. The molecule has 16 heavy (non-hydrogen) atoms. The summed E-state index contributed by atoms with van der Waals surface area (Å²) in [6.45, 7) is 3.20. The van der Waals surface area contributed by atoms with Gasteiger partial charge in [-0.2, -0.15) is 0 Å². The smallest absolute Gasteiger partial charge is 0.102 e. The standard InChI is InChI=1S/C12H19NO3/c1-9-3-4-10(7-11(9)13)12(14)8-16-6-5-15-2/h3-4,7,12,14H,5-6,8,13H2,1-2H3. The molecule has 1 aromatic carbocycles. The minimum Gasteiger partial charge on any atom is -0.399 e. The van der Waals surface area contributed by atoms with Gasteiger partial charge in [-0.05, 0) is 24.1 Å². The molecule has 0 saturated carbocycles. The van der Waals surface area contributed by atoms with Crippen molar-refractivity contribution < 1.29 is 14.6 Å². The summed E-state index contributed by atoms with van der Waals surface area (Å²) in [6.07, 6.45) is -0.639. The number of rotatable bonds is 6. The fraction of sp³-hybridized carbons (Fsp3) is 0.500. The normalized spacial score (nSPS) is 12.7. The molecule has 0 spiro atoms. The van der Waals surface area contributed by atoms with Crippen molar-refractivity contribution in [3.63, 3.8) is 0 Å². The fourth-order valence-electron chi connectivity index (χ4n) is 1.30. The molecule has 0 bridgehead atoms. The lowest BCUT2D eigenvalue weighted by molar-refractivity contribution is 0.0126. The number of aryl methyl sites for hydroxylation is 1. The number of hydrogen-bond acceptors (Lipinski definition) is 4. The van der Waals surface area contributed by atoms with Crippen LogP contribution >= 0.6 is 0 Å². The molecule has 0 saturated heterocycles. The Hall–Kier alpha value is -1.10. The van der Waals surface area contributed by atoms with Crippen LogP contribution in [0.4, 0.5) is 5.69 Å². The molecule has 4 heteroatoms. The number of aliphatic hydroxyl groups is 1. The van der Waals surface area contributed by atoms with E-state index in [1.54, 1.807) is 13.2 Å². The Kier molecular flexibility index (Phi) is 5.25. The van der Waals surface area contributed by atoms with Crippen LogP contribution in [-0.2, 0) is 9.47 Å². The van der Waals surface area contributed by atoms with E-state index in [2.05, 4.69) is 0 Å². The fourth-order valence-corrected chi connectivity index (χ4v) is 1.30. The molecule has 0 aliphatic heterocycles. The molecule has 1 aromatic rings. The van der Waals surface area contributed by atoms with Gasteiger partial charge in [0.1, 0.15) is 6.10 Å². The summed E-state index contributed by atoms with van der Waals surface area (Å²) in [5.74, 6) is 0. The zero-order valence-corrected chi connectivity index (χ0v) is 9.77. The van der Waals surface area contributed by atoms with Gasteiger partial charge in [-0.25, -0.2) is 0 Å².